The lowest BCUT2D eigenvalue weighted by Gasteiger charge is -2.48. The Morgan fingerprint density at radius 2 is 1.91 bits per heavy atom. The highest BCUT2D eigenvalue weighted by Crippen LogP contribution is 2.28. The monoisotopic (exact) mass is 335 g/mol. The molecule has 11 nitrogen and oxygen atoms in total. The summed E-state index contributed by atoms with van der Waals surface area (Å²) in [5, 5.41) is 40.5. The average Bonchev–Trinajstić information content (AvgIpc) is 2.45. The highest BCUT2D eigenvalue weighted by atomic mass is 16.5. The number of hydrogen-bond donors (Lipinski definition) is 7. The van der Waals surface area contributed by atoms with Crippen molar-refractivity contribution in [3.8, 4) is 0 Å². The largest absolute Gasteiger partial charge is 0.480 e. The van der Waals surface area contributed by atoms with Crippen LogP contribution in [-0.2, 0) is 19.1 Å². The first-order valence-corrected chi connectivity index (χ1v) is 6.75. The topological polar surface area (TPSA) is 205 Å². The number of aliphatic hydroxyl groups excluding tert-OH is 3. The second-order valence-electron chi connectivity index (χ2n) is 5.39. The van der Waals surface area contributed by atoms with Gasteiger partial charge < -0.3 is 36.6 Å². The number of amides is 1. The van der Waals surface area contributed by atoms with Crippen LogP contribution in [0.3, 0.4) is 0 Å². The molecule has 1 amide bonds. The molecule has 1 aliphatic heterocycles. The van der Waals surface area contributed by atoms with Gasteiger partial charge in [0.05, 0.1) is 13.0 Å². The predicted octanol–water partition coefficient (Wildman–Crippen LogP) is -4.37. The summed E-state index contributed by atoms with van der Waals surface area (Å²) in [6, 6.07) is -1.54. The van der Waals surface area contributed by atoms with Crippen molar-refractivity contribution in [2.45, 2.75) is 49.5 Å². The fraction of sp³-hybridized carbons (Fsp3) is 0.750. The van der Waals surface area contributed by atoms with Gasteiger partial charge in [0.15, 0.2) is 5.78 Å². The van der Waals surface area contributed by atoms with Gasteiger partial charge in [-0.05, 0) is 6.92 Å². The molecule has 1 unspecified atom stereocenters. The Labute approximate surface area is 131 Å². The molecule has 132 valence electrons. The second kappa shape index (κ2) is 7.29. The molecular weight excluding hydrogens is 314 g/mol. The lowest BCUT2D eigenvalue weighted by Crippen LogP contribution is -2.78. The fourth-order valence-corrected chi connectivity index (χ4v) is 2.33. The van der Waals surface area contributed by atoms with Crippen LogP contribution >= 0.6 is 0 Å². The summed E-state index contributed by atoms with van der Waals surface area (Å²) in [6.45, 7) is 0.315. The van der Waals surface area contributed by atoms with E-state index in [-0.39, 0.29) is 0 Å². The molecule has 0 aromatic heterocycles. The number of carbonyl (C=O) groups excluding carboxylic acids is 2. The number of aliphatic carboxylic acids is 1. The lowest BCUT2D eigenvalue weighted by atomic mass is 9.80. The normalized spacial score (nSPS) is 35.5. The number of nitrogens with one attached hydrogen (secondary N) is 1. The Balaban J connectivity index is 3.13. The number of ketones is 1. The first-order valence-electron chi connectivity index (χ1n) is 6.75. The van der Waals surface area contributed by atoms with Crippen LogP contribution in [0, 0.1) is 0 Å². The van der Waals surface area contributed by atoms with Crippen LogP contribution in [0.1, 0.15) is 13.3 Å². The molecule has 0 aliphatic carbocycles. The van der Waals surface area contributed by atoms with E-state index < -0.39 is 66.8 Å². The minimum atomic E-state index is -2.18. The van der Waals surface area contributed by atoms with Crippen LogP contribution in [0.15, 0.2) is 0 Å². The standard InChI is InChI=1S/C12H21N3O8/c1-4(17)12(14)9(20)8(19)6(3-16)23-11(12)15-5(10(21)22)2-7(13)18/h5-6,8-9,11,15-16,19-20H,2-3,14H2,1H3,(H2,13,18)(H,21,22)/t5-,6+,8+,9-,11?,12+/m0/s1. The molecular formula is C12H21N3O8. The highest BCUT2D eigenvalue weighted by Gasteiger charge is 2.56. The second-order valence-corrected chi connectivity index (χ2v) is 5.39. The van der Waals surface area contributed by atoms with Crippen LogP contribution in [-0.4, -0.2) is 80.8 Å². The van der Waals surface area contributed by atoms with E-state index >= 15 is 0 Å². The fourth-order valence-electron chi connectivity index (χ4n) is 2.33. The Morgan fingerprint density at radius 1 is 1.35 bits per heavy atom. The molecule has 0 saturated carbocycles. The third kappa shape index (κ3) is 3.83. The number of aliphatic hydroxyl groups is 3. The number of Topliss-reactive ketones (excluding diaryl/α,β-unsaturated/α-hetero) is 1. The van der Waals surface area contributed by atoms with E-state index in [1.54, 1.807) is 0 Å². The number of carboxylic acids is 1. The third-order valence-corrected chi connectivity index (χ3v) is 3.78. The molecule has 23 heavy (non-hydrogen) atoms. The van der Waals surface area contributed by atoms with E-state index in [4.69, 9.17) is 26.4 Å². The van der Waals surface area contributed by atoms with Gasteiger partial charge in [-0.1, -0.05) is 0 Å². The summed E-state index contributed by atoms with van der Waals surface area (Å²) < 4.78 is 5.23. The summed E-state index contributed by atoms with van der Waals surface area (Å²) in [4.78, 5) is 33.9. The van der Waals surface area contributed by atoms with E-state index in [9.17, 15) is 24.6 Å². The third-order valence-electron chi connectivity index (χ3n) is 3.78. The van der Waals surface area contributed by atoms with E-state index in [2.05, 4.69) is 5.32 Å². The smallest absolute Gasteiger partial charge is 0.321 e. The molecule has 1 heterocycles. The maximum atomic E-state index is 11.8. The van der Waals surface area contributed by atoms with Gasteiger partial charge in [0.1, 0.15) is 36.1 Å². The quantitative estimate of drug-likeness (QED) is 0.238. The zero-order valence-corrected chi connectivity index (χ0v) is 12.4. The average molecular weight is 335 g/mol. The van der Waals surface area contributed by atoms with Crippen molar-refractivity contribution >= 4 is 17.7 Å². The Bertz CT molecular complexity index is 487. The molecule has 6 atom stereocenters. The molecule has 1 saturated heterocycles. The molecule has 9 N–H and O–H groups in total. The summed E-state index contributed by atoms with van der Waals surface area (Å²) in [6.07, 6.45) is -6.98. The van der Waals surface area contributed by atoms with Gasteiger partial charge >= 0.3 is 5.97 Å². The van der Waals surface area contributed by atoms with Crippen molar-refractivity contribution in [1.82, 2.24) is 5.32 Å². The van der Waals surface area contributed by atoms with Crippen LogP contribution in [0.2, 0.25) is 0 Å². The number of nitrogens with two attached hydrogens (primary N) is 2. The maximum Gasteiger partial charge on any atom is 0.321 e. The minimum absolute atomic E-state index is 0.619. The number of carboxylic acid groups (broad SMARTS) is 1. The molecule has 1 aliphatic rings. The first-order chi connectivity index (χ1) is 10.5. The van der Waals surface area contributed by atoms with Crippen LogP contribution in [0.5, 0.6) is 0 Å². The van der Waals surface area contributed by atoms with Gasteiger partial charge in [0.2, 0.25) is 5.91 Å². The first kappa shape index (κ1) is 19.4. The van der Waals surface area contributed by atoms with E-state index in [1.165, 1.54) is 0 Å². The van der Waals surface area contributed by atoms with Crippen molar-refractivity contribution in [3.63, 3.8) is 0 Å². The van der Waals surface area contributed by atoms with Crippen LogP contribution in [0.4, 0.5) is 0 Å². The highest BCUT2D eigenvalue weighted by molar-refractivity contribution is 5.88. The van der Waals surface area contributed by atoms with E-state index in [0.29, 0.717) is 0 Å². The number of carbonyl (C=O) groups is 3. The van der Waals surface area contributed by atoms with Gasteiger partial charge in [-0.25, -0.2) is 0 Å². The van der Waals surface area contributed by atoms with Gasteiger partial charge in [0, 0.05) is 0 Å². The molecule has 0 bridgehead atoms. The van der Waals surface area contributed by atoms with Gasteiger partial charge in [-0.3, -0.25) is 19.7 Å². The zero-order valence-electron chi connectivity index (χ0n) is 12.4. The lowest BCUT2D eigenvalue weighted by molar-refractivity contribution is -0.224. The number of rotatable bonds is 7. The van der Waals surface area contributed by atoms with Crippen molar-refractivity contribution in [2.24, 2.45) is 11.5 Å². The number of ether oxygens (including phenoxy) is 1. The molecule has 11 heteroatoms. The van der Waals surface area contributed by atoms with Crippen molar-refractivity contribution in [2.75, 3.05) is 6.61 Å². The predicted molar refractivity (Wildman–Crippen MR) is 73.7 cm³/mol. The molecule has 0 aromatic rings. The van der Waals surface area contributed by atoms with Crippen molar-refractivity contribution in [3.05, 3.63) is 0 Å². The molecule has 0 radical (unpaired) electrons. The SMILES string of the molecule is CC(=O)[C@]1(N)C(N[C@@H](CC(N)=O)C(=O)O)O[C@H](CO)[C@@H](O)[C@@H]1O. The van der Waals surface area contributed by atoms with E-state index in [1.807, 2.05) is 0 Å². The van der Waals surface area contributed by atoms with Gasteiger partial charge in [-0.15, -0.1) is 0 Å². The number of primary amides is 1. The molecule has 1 fully saturated rings. The van der Waals surface area contributed by atoms with Crippen LogP contribution < -0.4 is 16.8 Å². The molecule has 1 rings (SSSR count). The summed E-state index contributed by atoms with van der Waals surface area (Å²) in [7, 11) is 0. The summed E-state index contributed by atoms with van der Waals surface area (Å²) in [5.41, 5.74) is 8.61. The minimum Gasteiger partial charge on any atom is -0.480 e. The summed E-state index contributed by atoms with van der Waals surface area (Å²) in [5.74, 6) is -3.17. The van der Waals surface area contributed by atoms with Crippen molar-refractivity contribution in [1.29, 1.82) is 0 Å². The Hall–Kier alpha value is -1.63. The summed E-state index contributed by atoms with van der Waals surface area (Å²) >= 11 is 0. The zero-order chi connectivity index (χ0) is 17.9. The van der Waals surface area contributed by atoms with Gasteiger partial charge in [0.25, 0.3) is 0 Å². The maximum absolute atomic E-state index is 11.8. The Kier molecular flexibility index (Phi) is 6.16. The van der Waals surface area contributed by atoms with Crippen LogP contribution in [0.25, 0.3) is 0 Å². The Morgan fingerprint density at radius 3 is 2.30 bits per heavy atom. The van der Waals surface area contributed by atoms with Crippen molar-refractivity contribution < 1.29 is 39.5 Å². The number of hydrogen-bond acceptors (Lipinski definition) is 9. The van der Waals surface area contributed by atoms with Gasteiger partial charge in [-0.2, -0.15) is 0 Å². The molecule has 0 aromatic carbocycles. The molecule has 0 spiro atoms. The van der Waals surface area contributed by atoms with E-state index in [0.717, 1.165) is 6.92 Å².